The van der Waals surface area contributed by atoms with Crippen LogP contribution in [0.25, 0.3) is 11.2 Å². The number of aliphatic hydroxyl groups excluding tert-OH is 1. The van der Waals surface area contributed by atoms with Crippen molar-refractivity contribution in [3.05, 3.63) is 48.5 Å². The van der Waals surface area contributed by atoms with Crippen molar-refractivity contribution in [1.29, 1.82) is 0 Å². The van der Waals surface area contributed by atoms with Crippen LogP contribution in [0.2, 0.25) is 0 Å². The van der Waals surface area contributed by atoms with Crippen LogP contribution in [-0.4, -0.2) is 49.4 Å². The molecule has 0 unspecified atom stereocenters. The Morgan fingerprint density at radius 1 is 1.31 bits per heavy atom. The van der Waals surface area contributed by atoms with Crippen LogP contribution in [0.4, 0.5) is 10.2 Å². The largest absolute Gasteiger partial charge is 0.394 e. The Balaban J connectivity index is 1.64. The molecule has 0 aliphatic carbocycles. The zero-order chi connectivity index (χ0) is 18.1. The first-order chi connectivity index (χ1) is 12.7. The molecule has 3 atom stereocenters. The second-order valence-corrected chi connectivity index (χ2v) is 5.95. The number of fused-ring (bicyclic) bond motifs is 1. The molecule has 134 valence electrons. The zero-order valence-corrected chi connectivity index (χ0v) is 13.6. The van der Waals surface area contributed by atoms with E-state index in [-0.39, 0.29) is 24.8 Å². The Morgan fingerprint density at radius 3 is 2.85 bits per heavy atom. The Morgan fingerprint density at radius 2 is 2.12 bits per heavy atom. The third-order valence-corrected chi connectivity index (χ3v) is 4.23. The summed E-state index contributed by atoms with van der Waals surface area (Å²) in [5, 5.41) is 11.9. The number of nitrogens with zero attached hydrogens (tertiary/aromatic N) is 4. The van der Waals surface area contributed by atoms with E-state index in [0.29, 0.717) is 16.7 Å². The Kier molecular flexibility index (Phi) is 4.31. The van der Waals surface area contributed by atoms with Gasteiger partial charge in [-0.1, -0.05) is 18.2 Å². The molecule has 8 nitrogen and oxygen atoms in total. The fourth-order valence-corrected chi connectivity index (χ4v) is 2.96. The molecule has 0 saturated carbocycles. The first-order valence-corrected chi connectivity index (χ1v) is 8.11. The number of hydrogen-bond acceptors (Lipinski definition) is 6. The number of carbonyl (C=O) groups is 1. The average Bonchev–Trinajstić information content (AvgIpc) is 3.26. The molecular formula is C17H16FN5O3. The summed E-state index contributed by atoms with van der Waals surface area (Å²) < 4.78 is 21.2. The van der Waals surface area contributed by atoms with Gasteiger partial charge < -0.3 is 15.2 Å². The topological polar surface area (TPSA) is 102 Å². The van der Waals surface area contributed by atoms with Crippen molar-refractivity contribution >= 4 is 22.9 Å². The van der Waals surface area contributed by atoms with E-state index in [9.17, 15) is 14.3 Å². The molecule has 1 aromatic carbocycles. The van der Waals surface area contributed by atoms with E-state index in [1.807, 2.05) is 6.07 Å². The van der Waals surface area contributed by atoms with Gasteiger partial charge in [0, 0.05) is 12.0 Å². The quantitative estimate of drug-likeness (QED) is 0.737. The number of imidazole rings is 1. The molecule has 26 heavy (non-hydrogen) atoms. The predicted molar refractivity (Wildman–Crippen MR) is 90.2 cm³/mol. The number of hydrogen-bond donors (Lipinski definition) is 2. The summed E-state index contributed by atoms with van der Waals surface area (Å²) in [5.74, 6) is -0.101. The number of anilines is 1. The summed E-state index contributed by atoms with van der Waals surface area (Å²) >= 11 is 0. The van der Waals surface area contributed by atoms with Crippen LogP contribution < -0.4 is 5.32 Å². The van der Waals surface area contributed by atoms with Crippen LogP contribution in [0.1, 0.15) is 23.0 Å². The number of ether oxygens (including phenoxy) is 1. The van der Waals surface area contributed by atoms with Crippen molar-refractivity contribution in [3.8, 4) is 0 Å². The van der Waals surface area contributed by atoms with Crippen molar-refractivity contribution in [2.45, 2.75) is 24.9 Å². The highest BCUT2D eigenvalue weighted by Gasteiger charge is 2.37. The Hall–Kier alpha value is -2.91. The molecular weight excluding hydrogens is 341 g/mol. The number of carbonyl (C=O) groups excluding carboxylic acids is 1. The minimum atomic E-state index is -1.29. The van der Waals surface area contributed by atoms with Gasteiger partial charge in [-0.25, -0.2) is 19.3 Å². The molecule has 1 fully saturated rings. The molecule has 4 rings (SSSR count). The highest BCUT2D eigenvalue weighted by molar-refractivity contribution is 6.06. The van der Waals surface area contributed by atoms with E-state index in [1.54, 1.807) is 24.3 Å². The van der Waals surface area contributed by atoms with Gasteiger partial charge in [0.05, 0.1) is 19.0 Å². The maximum Gasteiger partial charge on any atom is 0.256 e. The second-order valence-electron chi connectivity index (χ2n) is 5.95. The van der Waals surface area contributed by atoms with Crippen molar-refractivity contribution in [2.24, 2.45) is 0 Å². The summed E-state index contributed by atoms with van der Waals surface area (Å²) in [6, 6.07) is 8.70. The summed E-state index contributed by atoms with van der Waals surface area (Å²) in [4.78, 5) is 24.8. The smallest absolute Gasteiger partial charge is 0.256 e. The van der Waals surface area contributed by atoms with Gasteiger partial charge in [0.1, 0.15) is 12.5 Å². The minimum absolute atomic E-state index is 0.101. The summed E-state index contributed by atoms with van der Waals surface area (Å²) in [7, 11) is 0. The monoisotopic (exact) mass is 357 g/mol. The average molecular weight is 357 g/mol. The molecule has 9 heteroatoms. The highest BCUT2D eigenvalue weighted by Crippen LogP contribution is 2.33. The number of alkyl halides is 1. The van der Waals surface area contributed by atoms with Gasteiger partial charge in [-0.15, -0.1) is 0 Å². The van der Waals surface area contributed by atoms with E-state index in [1.165, 1.54) is 17.2 Å². The molecule has 0 bridgehead atoms. The zero-order valence-electron chi connectivity index (χ0n) is 13.6. The molecule has 2 N–H and O–H groups in total. The fraction of sp³-hybridized carbons (Fsp3) is 0.294. The number of halogens is 1. The maximum absolute atomic E-state index is 14.3. The first kappa shape index (κ1) is 16.6. The second kappa shape index (κ2) is 6.77. The van der Waals surface area contributed by atoms with Crippen LogP contribution >= 0.6 is 0 Å². The third kappa shape index (κ3) is 2.91. The van der Waals surface area contributed by atoms with Gasteiger partial charge in [-0.3, -0.25) is 9.36 Å². The number of benzene rings is 1. The summed E-state index contributed by atoms with van der Waals surface area (Å²) in [6.45, 7) is -0.253. The molecule has 1 aliphatic heterocycles. The van der Waals surface area contributed by atoms with Crippen molar-refractivity contribution < 1.29 is 19.0 Å². The lowest BCUT2D eigenvalue weighted by Crippen LogP contribution is -2.17. The summed E-state index contributed by atoms with van der Waals surface area (Å²) in [5.41, 5.74) is 1.15. The third-order valence-electron chi connectivity index (χ3n) is 4.23. The molecule has 2 aromatic heterocycles. The molecule has 3 aromatic rings. The number of rotatable bonds is 4. The lowest BCUT2D eigenvalue weighted by Gasteiger charge is -2.15. The predicted octanol–water partition coefficient (Wildman–Crippen LogP) is 1.70. The van der Waals surface area contributed by atoms with Crippen molar-refractivity contribution in [2.75, 3.05) is 11.9 Å². The van der Waals surface area contributed by atoms with E-state index in [4.69, 9.17) is 4.74 Å². The molecule has 1 saturated heterocycles. The van der Waals surface area contributed by atoms with Crippen LogP contribution in [0.15, 0.2) is 43.0 Å². The van der Waals surface area contributed by atoms with Gasteiger partial charge in [0.25, 0.3) is 5.91 Å². The van der Waals surface area contributed by atoms with E-state index in [0.717, 1.165) is 0 Å². The first-order valence-electron chi connectivity index (χ1n) is 8.11. The Labute approximate surface area is 147 Å². The van der Waals surface area contributed by atoms with Crippen LogP contribution in [-0.2, 0) is 4.74 Å². The standard InChI is InChI=1S/C17H16FN5O3/c18-12-6-11(7-24)26-17(12)23-9-21-13-14(19-8-20-15(13)23)22-16(25)10-4-2-1-3-5-10/h1-5,8-9,11-12,17,24H,6-7H2,(H,19,20,22,25)/t11-,12+,17+/m0/s1. The van der Waals surface area contributed by atoms with Gasteiger partial charge in [0.15, 0.2) is 23.2 Å². The lowest BCUT2D eigenvalue weighted by molar-refractivity contribution is -0.0351. The SMILES string of the molecule is O=C(Nc1ncnc2c1ncn2[C@@H]1O[C@H](CO)C[C@H]1F)c1ccccc1. The molecule has 0 radical (unpaired) electrons. The number of aliphatic hydroxyl groups is 1. The number of nitrogens with one attached hydrogen (secondary N) is 1. The van der Waals surface area contributed by atoms with Gasteiger partial charge in [-0.2, -0.15) is 0 Å². The maximum atomic E-state index is 14.3. The van der Waals surface area contributed by atoms with Crippen LogP contribution in [0, 0.1) is 0 Å². The normalized spacial score (nSPS) is 22.6. The minimum Gasteiger partial charge on any atom is -0.394 e. The molecule has 1 amide bonds. The number of amides is 1. The van der Waals surface area contributed by atoms with Gasteiger partial charge in [0.2, 0.25) is 0 Å². The fourth-order valence-electron chi connectivity index (χ4n) is 2.96. The van der Waals surface area contributed by atoms with E-state index >= 15 is 0 Å². The summed E-state index contributed by atoms with van der Waals surface area (Å²) in [6.07, 6.45) is -0.0108. The van der Waals surface area contributed by atoms with Gasteiger partial charge in [-0.05, 0) is 12.1 Å². The van der Waals surface area contributed by atoms with Crippen LogP contribution in [0.5, 0.6) is 0 Å². The van der Waals surface area contributed by atoms with Crippen LogP contribution in [0.3, 0.4) is 0 Å². The van der Waals surface area contributed by atoms with Gasteiger partial charge >= 0.3 is 0 Å². The molecule has 1 aliphatic rings. The number of aromatic nitrogens is 4. The Bertz CT molecular complexity index is 933. The lowest BCUT2D eigenvalue weighted by atomic mass is 10.2. The van der Waals surface area contributed by atoms with E-state index < -0.39 is 18.5 Å². The van der Waals surface area contributed by atoms with Crippen molar-refractivity contribution in [3.63, 3.8) is 0 Å². The van der Waals surface area contributed by atoms with E-state index in [2.05, 4.69) is 20.3 Å². The molecule has 0 spiro atoms. The molecule has 3 heterocycles. The van der Waals surface area contributed by atoms with Crippen molar-refractivity contribution in [1.82, 2.24) is 19.5 Å². The highest BCUT2D eigenvalue weighted by atomic mass is 19.1.